The third kappa shape index (κ3) is 4.03. The summed E-state index contributed by atoms with van der Waals surface area (Å²) in [5.41, 5.74) is 8.80. The first-order valence-corrected chi connectivity index (χ1v) is 7.48. The molecule has 0 saturated carbocycles. The van der Waals surface area contributed by atoms with Crippen LogP contribution < -0.4 is 5.73 Å². The number of nitrogens with two attached hydrogens (primary N) is 1. The molecule has 0 saturated heterocycles. The topological polar surface area (TPSA) is 53.1 Å². The average molecular weight is 265 g/mol. The summed E-state index contributed by atoms with van der Waals surface area (Å²) in [6.45, 7) is 5.26. The van der Waals surface area contributed by atoms with Gasteiger partial charge in [0.25, 0.3) is 0 Å². The zero-order valence-corrected chi connectivity index (χ0v) is 12.5. The van der Waals surface area contributed by atoms with Crippen molar-refractivity contribution in [2.45, 2.75) is 26.4 Å². The molecule has 3 nitrogen and oxygen atoms in total. The van der Waals surface area contributed by atoms with Crippen LogP contribution in [0.3, 0.4) is 0 Å². The molecule has 0 aliphatic rings. The third-order valence-electron chi connectivity index (χ3n) is 3.23. The summed E-state index contributed by atoms with van der Waals surface area (Å²) >= 11 is 1.87. The highest BCUT2D eigenvalue weighted by Gasteiger charge is 2.10. The highest BCUT2D eigenvalue weighted by molar-refractivity contribution is 7.98. The smallest absolute Gasteiger partial charge is 0.122 e. The van der Waals surface area contributed by atoms with Crippen molar-refractivity contribution in [1.29, 1.82) is 5.41 Å². The van der Waals surface area contributed by atoms with Crippen molar-refractivity contribution in [2.24, 2.45) is 5.73 Å². The predicted molar refractivity (Wildman–Crippen MR) is 81.5 cm³/mol. The predicted octanol–water partition coefficient (Wildman–Crippen LogP) is 2.46. The Hall–Kier alpha value is -1.00. The van der Waals surface area contributed by atoms with Crippen molar-refractivity contribution in [1.82, 2.24) is 4.90 Å². The van der Waals surface area contributed by atoms with E-state index in [4.69, 9.17) is 11.1 Å². The molecule has 0 fully saturated rings. The van der Waals surface area contributed by atoms with Crippen LogP contribution in [-0.4, -0.2) is 35.8 Å². The second kappa shape index (κ2) is 6.81. The van der Waals surface area contributed by atoms with E-state index in [1.807, 2.05) is 23.9 Å². The monoisotopic (exact) mass is 265 g/mol. The number of nitrogens with one attached hydrogen (secondary N) is 1. The molecule has 1 atom stereocenters. The van der Waals surface area contributed by atoms with Gasteiger partial charge in [0, 0.05) is 23.9 Å². The van der Waals surface area contributed by atoms with E-state index >= 15 is 0 Å². The molecule has 0 spiro atoms. The molecule has 0 aromatic heterocycles. The van der Waals surface area contributed by atoms with E-state index in [1.54, 1.807) is 0 Å². The molecule has 1 aromatic rings. The summed E-state index contributed by atoms with van der Waals surface area (Å²) in [5.74, 6) is 1.27. The van der Waals surface area contributed by atoms with Gasteiger partial charge >= 0.3 is 0 Å². The quantitative estimate of drug-likeness (QED) is 0.613. The fourth-order valence-corrected chi connectivity index (χ4v) is 2.57. The molecule has 1 unspecified atom stereocenters. The van der Waals surface area contributed by atoms with Crippen molar-refractivity contribution in [3.8, 4) is 0 Å². The van der Waals surface area contributed by atoms with Crippen LogP contribution in [0.2, 0.25) is 0 Å². The van der Waals surface area contributed by atoms with Gasteiger partial charge in [-0.05, 0) is 44.3 Å². The molecule has 0 aliphatic heterocycles. The number of aryl methyl sites for hydroxylation is 1. The first-order valence-electron chi connectivity index (χ1n) is 6.08. The van der Waals surface area contributed by atoms with Gasteiger partial charge in [-0.3, -0.25) is 10.3 Å². The lowest BCUT2D eigenvalue weighted by molar-refractivity contribution is 0.269. The van der Waals surface area contributed by atoms with Crippen molar-refractivity contribution < 1.29 is 0 Å². The Morgan fingerprint density at radius 2 is 2.17 bits per heavy atom. The normalized spacial score (nSPS) is 12.7. The van der Waals surface area contributed by atoms with Gasteiger partial charge in [0.1, 0.15) is 5.84 Å². The molecule has 3 N–H and O–H groups in total. The van der Waals surface area contributed by atoms with E-state index in [0.717, 1.165) is 17.9 Å². The van der Waals surface area contributed by atoms with Crippen molar-refractivity contribution in [3.05, 3.63) is 34.9 Å². The van der Waals surface area contributed by atoms with E-state index in [-0.39, 0.29) is 5.84 Å². The van der Waals surface area contributed by atoms with Crippen molar-refractivity contribution in [3.63, 3.8) is 0 Å². The maximum absolute atomic E-state index is 7.43. The van der Waals surface area contributed by atoms with E-state index in [0.29, 0.717) is 6.04 Å². The number of thioether (sulfide) groups is 1. The second-order valence-electron chi connectivity index (χ2n) is 4.77. The minimum Gasteiger partial charge on any atom is -0.384 e. The molecule has 0 amide bonds. The fraction of sp³-hybridized carbons (Fsp3) is 0.500. The number of hydrogen-bond donors (Lipinski definition) is 2. The zero-order chi connectivity index (χ0) is 13.7. The maximum atomic E-state index is 7.43. The maximum Gasteiger partial charge on any atom is 0.122 e. The minimum atomic E-state index is 0.133. The molecular formula is C14H23N3S. The number of nitrogens with zero attached hydrogens (tertiary/aromatic N) is 1. The summed E-state index contributed by atoms with van der Waals surface area (Å²) < 4.78 is 0. The van der Waals surface area contributed by atoms with Crippen molar-refractivity contribution >= 4 is 17.6 Å². The van der Waals surface area contributed by atoms with Crippen LogP contribution in [0, 0.1) is 12.3 Å². The van der Waals surface area contributed by atoms with Gasteiger partial charge in [0.2, 0.25) is 0 Å². The van der Waals surface area contributed by atoms with Gasteiger partial charge in [-0.2, -0.15) is 11.8 Å². The zero-order valence-electron chi connectivity index (χ0n) is 11.7. The lowest BCUT2D eigenvalue weighted by atomic mass is 10.0. The van der Waals surface area contributed by atoms with E-state index in [1.165, 1.54) is 11.1 Å². The lowest BCUT2D eigenvalue weighted by Crippen LogP contribution is -2.30. The summed E-state index contributed by atoms with van der Waals surface area (Å²) in [6.07, 6.45) is 2.14. The van der Waals surface area contributed by atoms with Crippen LogP contribution in [-0.2, 0) is 6.54 Å². The van der Waals surface area contributed by atoms with Crippen LogP contribution in [0.5, 0.6) is 0 Å². The Kier molecular flexibility index (Phi) is 5.69. The molecule has 1 rings (SSSR count). The molecule has 0 radical (unpaired) electrons. The van der Waals surface area contributed by atoms with Crippen LogP contribution in [0.15, 0.2) is 18.2 Å². The molecule has 100 valence electrons. The Morgan fingerprint density at radius 1 is 1.50 bits per heavy atom. The van der Waals surface area contributed by atoms with Gasteiger partial charge in [0.15, 0.2) is 0 Å². The van der Waals surface area contributed by atoms with Crippen molar-refractivity contribution in [2.75, 3.05) is 19.1 Å². The molecule has 0 bridgehead atoms. The summed E-state index contributed by atoms with van der Waals surface area (Å²) in [7, 11) is 2.15. The summed E-state index contributed by atoms with van der Waals surface area (Å²) in [5, 5.41) is 7.43. The molecule has 1 aromatic carbocycles. The molecular weight excluding hydrogens is 242 g/mol. The third-order valence-corrected chi connectivity index (χ3v) is 4.05. The molecule has 0 heterocycles. The standard InChI is InChI=1S/C14H23N3S/c1-10-7-12(14(15)16)5-6-13(10)8-17(3)11(2)9-18-4/h5-7,11H,8-9H2,1-4H3,(H3,15,16). The Morgan fingerprint density at radius 3 is 2.67 bits per heavy atom. The highest BCUT2D eigenvalue weighted by Crippen LogP contribution is 2.15. The van der Waals surface area contributed by atoms with Crippen LogP contribution >= 0.6 is 11.8 Å². The Bertz CT molecular complexity index is 418. The summed E-state index contributed by atoms with van der Waals surface area (Å²) in [4.78, 5) is 2.35. The molecule has 0 aliphatic carbocycles. The van der Waals surface area contributed by atoms with E-state index < -0.39 is 0 Å². The fourth-order valence-electron chi connectivity index (χ4n) is 1.83. The first-order chi connectivity index (χ1) is 8.45. The number of hydrogen-bond acceptors (Lipinski definition) is 3. The lowest BCUT2D eigenvalue weighted by Gasteiger charge is -2.25. The average Bonchev–Trinajstić information content (AvgIpc) is 2.31. The largest absolute Gasteiger partial charge is 0.384 e. The summed E-state index contributed by atoms with van der Waals surface area (Å²) in [6, 6.07) is 6.56. The van der Waals surface area contributed by atoms with Gasteiger partial charge in [-0.1, -0.05) is 12.1 Å². The van der Waals surface area contributed by atoms with Crippen LogP contribution in [0.1, 0.15) is 23.6 Å². The minimum absolute atomic E-state index is 0.133. The van der Waals surface area contributed by atoms with Gasteiger partial charge in [-0.25, -0.2) is 0 Å². The van der Waals surface area contributed by atoms with Crippen LogP contribution in [0.4, 0.5) is 0 Å². The molecule has 18 heavy (non-hydrogen) atoms. The number of amidine groups is 1. The van der Waals surface area contributed by atoms with Gasteiger partial charge in [0.05, 0.1) is 0 Å². The SMILES string of the molecule is CSCC(C)N(C)Cc1ccc(C(=N)N)cc1C. The number of nitrogen functional groups attached to an aromatic ring is 1. The first kappa shape index (κ1) is 15.1. The number of rotatable bonds is 6. The Balaban J connectivity index is 2.76. The van der Waals surface area contributed by atoms with E-state index in [2.05, 4.69) is 38.1 Å². The second-order valence-corrected chi connectivity index (χ2v) is 5.69. The van der Waals surface area contributed by atoms with Crippen LogP contribution in [0.25, 0.3) is 0 Å². The Labute approximate surface area is 114 Å². The van der Waals surface area contributed by atoms with Gasteiger partial charge in [-0.15, -0.1) is 0 Å². The van der Waals surface area contributed by atoms with E-state index in [9.17, 15) is 0 Å². The number of benzene rings is 1. The van der Waals surface area contributed by atoms with Gasteiger partial charge < -0.3 is 5.73 Å². The molecule has 4 heteroatoms. The highest BCUT2D eigenvalue weighted by atomic mass is 32.2.